The van der Waals surface area contributed by atoms with Crippen molar-refractivity contribution >= 4 is 5.82 Å². The molecule has 0 fully saturated rings. The summed E-state index contributed by atoms with van der Waals surface area (Å²) in [4.78, 5) is 8.22. The first-order valence-electron chi connectivity index (χ1n) is 5.96. The molecule has 0 aliphatic rings. The molecule has 1 aromatic heterocycles. The second-order valence-corrected chi connectivity index (χ2v) is 4.08. The molecule has 1 N–H and O–H groups in total. The van der Waals surface area contributed by atoms with E-state index in [2.05, 4.69) is 15.3 Å². The maximum absolute atomic E-state index is 5.35. The van der Waals surface area contributed by atoms with Gasteiger partial charge >= 0.3 is 0 Å². The zero-order chi connectivity index (χ0) is 13.7. The lowest BCUT2D eigenvalue weighted by atomic mass is 10.2. The van der Waals surface area contributed by atoms with Crippen molar-refractivity contribution in [1.29, 1.82) is 0 Å². The monoisotopic (exact) mass is 259 g/mol. The van der Waals surface area contributed by atoms with Crippen molar-refractivity contribution in [3.63, 3.8) is 0 Å². The van der Waals surface area contributed by atoms with Crippen molar-refractivity contribution in [2.45, 2.75) is 13.5 Å². The van der Waals surface area contributed by atoms with E-state index in [4.69, 9.17) is 9.47 Å². The summed E-state index contributed by atoms with van der Waals surface area (Å²) in [5, 5.41) is 3.24. The van der Waals surface area contributed by atoms with Gasteiger partial charge in [-0.05, 0) is 19.1 Å². The van der Waals surface area contributed by atoms with Gasteiger partial charge in [-0.3, -0.25) is 0 Å². The average molecular weight is 259 g/mol. The minimum Gasteiger partial charge on any atom is -0.497 e. The van der Waals surface area contributed by atoms with Crippen LogP contribution in [-0.2, 0) is 6.54 Å². The van der Waals surface area contributed by atoms with Gasteiger partial charge < -0.3 is 14.8 Å². The van der Waals surface area contributed by atoms with Crippen LogP contribution in [0.3, 0.4) is 0 Å². The van der Waals surface area contributed by atoms with E-state index in [0.29, 0.717) is 6.54 Å². The first-order chi connectivity index (χ1) is 9.22. The number of nitrogens with zero attached hydrogens (tertiary/aromatic N) is 2. The Morgan fingerprint density at radius 2 is 1.95 bits per heavy atom. The Morgan fingerprint density at radius 3 is 2.63 bits per heavy atom. The summed E-state index contributed by atoms with van der Waals surface area (Å²) in [5.41, 5.74) is 1.97. The Kier molecular flexibility index (Phi) is 4.18. The summed E-state index contributed by atoms with van der Waals surface area (Å²) in [6.07, 6.45) is 1.54. The van der Waals surface area contributed by atoms with E-state index in [1.54, 1.807) is 20.5 Å². The minimum absolute atomic E-state index is 0.629. The van der Waals surface area contributed by atoms with E-state index in [0.717, 1.165) is 28.6 Å². The fourth-order valence-corrected chi connectivity index (χ4v) is 1.73. The van der Waals surface area contributed by atoms with Gasteiger partial charge in [0, 0.05) is 29.9 Å². The highest BCUT2D eigenvalue weighted by Crippen LogP contribution is 2.25. The smallest absolute Gasteiger partial charge is 0.129 e. The highest BCUT2D eigenvalue weighted by molar-refractivity contribution is 5.43. The highest BCUT2D eigenvalue weighted by Gasteiger charge is 2.05. The summed E-state index contributed by atoms with van der Waals surface area (Å²) in [6.45, 7) is 2.56. The maximum Gasteiger partial charge on any atom is 0.129 e. The second kappa shape index (κ2) is 6.04. The Bertz CT molecular complexity index is 558. The lowest BCUT2D eigenvalue weighted by molar-refractivity contribution is 0.391. The first-order valence-corrected chi connectivity index (χ1v) is 5.96. The molecule has 100 valence electrons. The summed E-state index contributed by atoms with van der Waals surface area (Å²) >= 11 is 0. The predicted octanol–water partition coefficient (Wildman–Crippen LogP) is 2.41. The van der Waals surface area contributed by atoms with E-state index < -0.39 is 0 Å². The van der Waals surface area contributed by atoms with Gasteiger partial charge in [0.25, 0.3) is 0 Å². The number of hydrogen-bond donors (Lipinski definition) is 1. The Morgan fingerprint density at radius 1 is 1.11 bits per heavy atom. The third-order valence-corrected chi connectivity index (χ3v) is 2.76. The third kappa shape index (κ3) is 3.34. The molecule has 0 aliphatic carbocycles. The van der Waals surface area contributed by atoms with Crippen LogP contribution in [0.4, 0.5) is 5.82 Å². The first kappa shape index (κ1) is 13.1. The number of ether oxygens (including phenoxy) is 2. The number of hydrogen-bond acceptors (Lipinski definition) is 5. The maximum atomic E-state index is 5.35. The molecule has 0 unspecified atom stereocenters. The number of methoxy groups -OCH3 is 2. The van der Waals surface area contributed by atoms with Gasteiger partial charge in [0.2, 0.25) is 0 Å². The Balaban J connectivity index is 2.11. The van der Waals surface area contributed by atoms with Crippen molar-refractivity contribution in [3.05, 3.63) is 41.9 Å². The van der Waals surface area contributed by atoms with Gasteiger partial charge in [-0.2, -0.15) is 0 Å². The van der Waals surface area contributed by atoms with Gasteiger partial charge in [-0.1, -0.05) is 0 Å². The molecule has 1 aromatic carbocycles. The van der Waals surface area contributed by atoms with E-state index in [1.807, 2.05) is 31.2 Å². The predicted molar refractivity (Wildman–Crippen MR) is 73.6 cm³/mol. The summed E-state index contributed by atoms with van der Waals surface area (Å²) in [6, 6.07) is 7.64. The molecule has 0 saturated carbocycles. The zero-order valence-corrected chi connectivity index (χ0v) is 11.3. The topological polar surface area (TPSA) is 56.3 Å². The van der Waals surface area contributed by atoms with Crippen LogP contribution in [0.25, 0.3) is 0 Å². The molecule has 1 heterocycles. The fraction of sp³-hybridized carbons (Fsp3) is 0.286. The number of aromatic nitrogens is 2. The number of anilines is 1. The van der Waals surface area contributed by atoms with Crippen LogP contribution in [0.5, 0.6) is 11.5 Å². The molecule has 0 spiro atoms. The quantitative estimate of drug-likeness (QED) is 0.893. The lowest BCUT2D eigenvalue weighted by Crippen LogP contribution is -2.04. The summed E-state index contributed by atoms with van der Waals surface area (Å²) in [5.74, 6) is 2.36. The molecule has 2 rings (SSSR count). The number of benzene rings is 1. The van der Waals surface area contributed by atoms with Gasteiger partial charge in [0.05, 0.1) is 14.2 Å². The van der Waals surface area contributed by atoms with Gasteiger partial charge in [0.1, 0.15) is 23.6 Å². The Hall–Kier alpha value is -2.30. The summed E-state index contributed by atoms with van der Waals surface area (Å²) < 4.78 is 10.5. The molecule has 0 atom stereocenters. The molecule has 0 bridgehead atoms. The second-order valence-electron chi connectivity index (χ2n) is 4.08. The van der Waals surface area contributed by atoms with Crippen molar-refractivity contribution in [2.75, 3.05) is 19.5 Å². The van der Waals surface area contributed by atoms with Crippen molar-refractivity contribution in [3.8, 4) is 11.5 Å². The van der Waals surface area contributed by atoms with Crippen LogP contribution >= 0.6 is 0 Å². The van der Waals surface area contributed by atoms with E-state index in [9.17, 15) is 0 Å². The third-order valence-electron chi connectivity index (χ3n) is 2.76. The molecule has 0 amide bonds. The van der Waals surface area contributed by atoms with Gasteiger partial charge in [-0.25, -0.2) is 9.97 Å². The number of rotatable bonds is 5. The SMILES string of the molecule is COc1ccc(CNc2cc(C)ncn2)c(OC)c1. The Labute approximate surface area is 112 Å². The molecular weight excluding hydrogens is 242 g/mol. The molecular formula is C14H17N3O2. The normalized spacial score (nSPS) is 10.1. The van der Waals surface area contributed by atoms with Crippen LogP contribution in [0, 0.1) is 6.92 Å². The van der Waals surface area contributed by atoms with E-state index in [1.165, 1.54) is 0 Å². The van der Waals surface area contributed by atoms with Crippen LogP contribution in [0.1, 0.15) is 11.3 Å². The van der Waals surface area contributed by atoms with Crippen molar-refractivity contribution in [1.82, 2.24) is 9.97 Å². The van der Waals surface area contributed by atoms with Gasteiger partial charge in [-0.15, -0.1) is 0 Å². The fourth-order valence-electron chi connectivity index (χ4n) is 1.73. The number of nitrogens with one attached hydrogen (secondary N) is 1. The average Bonchev–Trinajstić information content (AvgIpc) is 2.45. The molecule has 0 aliphatic heterocycles. The van der Waals surface area contributed by atoms with Crippen molar-refractivity contribution < 1.29 is 9.47 Å². The van der Waals surface area contributed by atoms with Crippen LogP contribution < -0.4 is 14.8 Å². The zero-order valence-electron chi connectivity index (χ0n) is 11.3. The minimum atomic E-state index is 0.629. The molecule has 5 nitrogen and oxygen atoms in total. The highest BCUT2D eigenvalue weighted by atomic mass is 16.5. The molecule has 0 saturated heterocycles. The van der Waals surface area contributed by atoms with Crippen molar-refractivity contribution in [2.24, 2.45) is 0 Å². The van der Waals surface area contributed by atoms with Crippen LogP contribution in [0.15, 0.2) is 30.6 Å². The van der Waals surface area contributed by atoms with Crippen LogP contribution in [0.2, 0.25) is 0 Å². The van der Waals surface area contributed by atoms with E-state index in [-0.39, 0.29) is 0 Å². The number of aryl methyl sites for hydroxylation is 1. The lowest BCUT2D eigenvalue weighted by Gasteiger charge is -2.11. The summed E-state index contributed by atoms with van der Waals surface area (Å²) in [7, 11) is 3.28. The molecule has 5 heteroatoms. The largest absolute Gasteiger partial charge is 0.497 e. The van der Waals surface area contributed by atoms with Gasteiger partial charge in [0.15, 0.2) is 0 Å². The molecule has 19 heavy (non-hydrogen) atoms. The standard InChI is InChI=1S/C14H17N3O2/c1-10-6-14(17-9-16-10)15-8-11-4-5-12(18-2)7-13(11)19-3/h4-7,9H,8H2,1-3H3,(H,15,16,17). The van der Waals surface area contributed by atoms with E-state index >= 15 is 0 Å². The molecule has 0 radical (unpaired) electrons. The molecule has 2 aromatic rings. The van der Waals surface area contributed by atoms with Crippen LogP contribution in [-0.4, -0.2) is 24.2 Å².